The monoisotopic (exact) mass is 277 g/mol. The predicted octanol–water partition coefficient (Wildman–Crippen LogP) is 2.46. The van der Waals surface area contributed by atoms with Gasteiger partial charge in [0, 0.05) is 5.69 Å². The topological polar surface area (TPSA) is 55.2 Å². The molecule has 0 N–H and O–H groups in total. The minimum atomic E-state index is 0.369. The molecule has 104 valence electrons. The fourth-order valence-electron chi connectivity index (χ4n) is 1.70. The largest absolute Gasteiger partial charge is 0.296 e. The van der Waals surface area contributed by atoms with E-state index in [1.54, 1.807) is 18.2 Å². The molecule has 0 unspecified atom stereocenters. The summed E-state index contributed by atoms with van der Waals surface area (Å²) >= 11 is 0. The van der Waals surface area contributed by atoms with Crippen LogP contribution in [-0.2, 0) is 0 Å². The van der Waals surface area contributed by atoms with Gasteiger partial charge < -0.3 is 0 Å². The summed E-state index contributed by atoms with van der Waals surface area (Å²) in [6.07, 6.45) is 0.705. The summed E-state index contributed by atoms with van der Waals surface area (Å²) < 4.78 is 0. The van der Waals surface area contributed by atoms with E-state index in [4.69, 9.17) is 0 Å². The second-order valence-corrected chi connectivity index (χ2v) is 4.43. The first-order chi connectivity index (χ1) is 10.2. The Morgan fingerprint density at radius 1 is 1.24 bits per heavy atom. The molecule has 4 nitrogen and oxygen atoms in total. The van der Waals surface area contributed by atoms with Gasteiger partial charge in [-0.3, -0.25) is 14.8 Å². The van der Waals surface area contributed by atoms with Gasteiger partial charge in [-0.2, -0.15) is 0 Å². The van der Waals surface area contributed by atoms with Crippen LogP contribution >= 0.6 is 0 Å². The molecular formula is C17H15N3O. The first-order valence-corrected chi connectivity index (χ1v) is 6.55. The van der Waals surface area contributed by atoms with Crippen molar-refractivity contribution < 1.29 is 4.79 Å². The van der Waals surface area contributed by atoms with Crippen molar-refractivity contribution in [3.8, 4) is 11.8 Å². The van der Waals surface area contributed by atoms with E-state index in [1.807, 2.05) is 32.0 Å². The lowest BCUT2D eigenvalue weighted by Crippen LogP contribution is -2.00. The maximum absolute atomic E-state index is 10.6. The van der Waals surface area contributed by atoms with Crippen LogP contribution < -0.4 is 0 Å². The Balaban J connectivity index is 2.05. The fraction of sp³-hybridized carbons (Fsp3) is 0.176. The minimum absolute atomic E-state index is 0.369. The summed E-state index contributed by atoms with van der Waals surface area (Å²) in [5.41, 5.74) is 3.62. The Bertz CT molecular complexity index is 739. The Kier molecular flexibility index (Phi) is 4.94. The maximum Gasteiger partial charge on any atom is 0.168 e. The molecule has 0 saturated heterocycles. The molecular weight excluding hydrogens is 262 g/mol. The molecule has 2 heterocycles. The van der Waals surface area contributed by atoms with E-state index in [-0.39, 0.29) is 0 Å². The fourth-order valence-corrected chi connectivity index (χ4v) is 1.70. The molecule has 0 fully saturated rings. The second kappa shape index (κ2) is 7.11. The van der Waals surface area contributed by atoms with Crippen molar-refractivity contribution in [1.82, 2.24) is 9.97 Å². The summed E-state index contributed by atoms with van der Waals surface area (Å²) in [6, 6.07) is 11.0. The van der Waals surface area contributed by atoms with Crippen molar-refractivity contribution >= 4 is 12.0 Å². The summed E-state index contributed by atoms with van der Waals surface area (Å²) in [7, 11) is 0. The van der Waals surface area contributed by atoms with Crippen molar-refractivity contribution in [2.45, 2.75) is 13.8 Å². The molecule has 2 aromatic heterocycles. The summed E-state index contributed by atoms with van der Waals surface area (Å²) in [5, 5.41) is 0. The van der Waals surface area contributed by atoms with Crippen LogP contribution in [0.3, 0.4) is 0 Å². The highest BCUT2D eigenvalue weighted by atomic mass is 16.1. The molecule has 21 heavy (non-hydrogen) atoms. The molecule has 0 aromatic carbocycles. The molecule has 0 saturated carbocycles. The van der Waals surface area contributed by atoms with Gasteiger partial charge in [-0.15, -0.1) is 0 Å². The van der Waals surface area contributed by atoms with Gasteiger partial charge in [0.05, 0.1) is 11.4 Å². The highest BCUT2D eigenvalue weighted by molar-refractivity contribution is 5.97. The van der Waals surface area contributed by atoms with E-state index in [0.29, 0.717) is 24.2 Å². The summed E-state index contributed by atoms with van der Waals surface area (Å²) in [6.45, 7) is 4.23. The number of nitrogens with zero attached hydrogens (tertiary/aromatic N) is 3. The number of rotatable bonds is 3. The van der Waals surface area contributed by atoms with Crippen LogP contribution in [0.2, 0.25) is 0 Å². The van der Waals surface area contributed by atoms with E-state index in [2.05, 4.69) is 26.8 Å². The molecule has 0 spiro atoms. The molecule has 0 aliphatic rings. The number of aromatic nitrogens is 2. The second-order valence-electron chi connectivity index (χ2n) is 4.43. The zero-order chi connectivity index (χ0) is 15.1. The third-order valence-corrected chi connectivity index (χ3v) is 2.76. The van der Waals surface area contributed by atoms with Crippen molar-refractivity contribution in [1.29, 1.82) is 0 Å². The zero-order valence-corrected chi connectivity index (χ0v) is 12.0. The average Bonchev–Trinajstić information content (AvgIpc) is 2.51. The van der Waals surface area contributed by atoms with Gasteiger partial charge >= 0.3 is 0 Å². The minimum Gasteiger partial charge on any atom is -0.296 e. The number of pyridine rings is 2. The molecule has 4 heteroatoms. The number of aryl methyl sites for hydroxylation is 1. The van der Waals surface area contributed by atoms with Gasteiger partial charge in [0.15, 0.2) is 6.29 Å². The average molecular weight is 277 g/mol. The van der Waals surface area contributed by atoms with E-state index < -0.39 is 0 Å². The Morgan fingerprint density at radius 3 is 2.81 bits per heavy atom. The molecule has 0 radical (unpaired) electrons. The highest BCUT2D eigenvalue weighted by Crippen LogP contribution is 2.00. The number of carbonyl (C=O) groups is 1. The number of carbonyl (C=O) groups excluding carboxylic acids is 1. The van der Waals surface area contributed by atoms with E-state index in [0.717, 1.165) is 17.1 Å². The van der Waals surface area contributed by atoms with Crippen LogP contribution in [0, 0.1) is 18.8 Å². The van der Waals surface area contributed by atoms with Gasteiger partial charge in [-0.1, -0.05) is 18.1 Å². The quantitative estimate of drug-likeness (QED) is 0.492. The third kappa shape index (κ3) is 4.36. The van der Waals surface area contributed by atoms with Crippen LogP contribution in [0.25, 0.3) is 0 Å². The van der Waals surface area contributed by atoms with E-state index in [9.17, 15) is 4.79 Å². The van der Waals surface area contributed by atoms with E-state index in [1.165, 1.54) is 0 Å². The van der Waals surface area contributed by atoms with Gasteiger partial charge in [0.2, 0.25) is 0 Å². The number of hydrogen-bond donors (Lipinski definition) is 0. The summed E-state index contributed by atoms with van der Waals surface area (Å²) in [4.78, 5) is 23.5. The Labute approximate surface area is 124 Å². The Morgan fingerprint density at radius 2 is 2.05 bits per heavy atom. The van der Waals surface area contributed by atoms with Crippen LogP contribution in [0.5, 0.6) is 0 Å². The number of aliphatic imine (C=N–C) groups is 1. The molecule has 2 rings (SSSR count). The standard InChI is InChI=1S/C17H15N3O/c1-13-6-3-10-17(19-13)14(2)18-11-5-9-15-7-4-8-16(12-21)20-15/h3-4,6-8,10,12H,11H2,1-2H3/b18-14+. The van der Waals surface area contributed by atoms with Gasteiger partial charge in [0.1, 0.15) is 17.9 Å². The highest BCUT2D eigenvalue weighted by Gasteiger charge is 1.97. The number of hydrogen-bond acceptors (Lipinski definition) is 4. The van der Waals surface area contributed by atoms with Crippen molar-refractivity contribution in [3.05, 3.63) is 59.2 Å². The van der Waals surface area contributed by atoms with Gasteiger partial charge in [0.25, 0.3) is 0 Å². The van der Waals surface area contributed by atoms with Crippen molar-refractivity contribution in [2.24, 2.45) is 4.99 Å². The first kappa shape index (κ1) is 14.6. The lowest BCUT2D eigenvalue weighted by Gasteiger charge is -1.99. The SMILES string of the molecule is C/C(=N\CC#Cc1cccc(C=O)n1)c1cccc(C)n1. The Hall–Kier alpha value is -2.80. The molecule has 0 aliphatic heterocycles. The maximum atomic E-state index is 10.6. The van der Waals surface area contributed by atoms with E-state index >= 15 is 0 Å². The van der Waals surface area contributed by atoms with Gasteiger partial charge in [-0.25, -0.2) is 4.98 Å². The lowest BCUT2D eigenvalue weighted by molar-refractivity contribution is 0.111. The zero-order valence-electron chi connectivity index (χ0n) is 12.0. The summed E-state index contributed by atoms with van der Waals surface area (Å²) in [5.74, 6) is 5.81. The number of aldehydes is 1. The molecule has 2 aromatic rings. The smallest absolute Gasteiger partial charge is 0.168 e. The van der Waals surface area contributed by atoms with Crippen LogP contribution in [0.4, 0.5) is 0 Å². The van der Waals surface area contributed by atoms with Crippen LogP contribution in [0.1, 0.15) is 34.5 Å². The lowest BCUT2D eigenvalue weighted by atomic mass is 10.2. The first-order valence-electron chi connectivity index (χ1n) is 6.55. The molecule has 0 atom stereocenters. The third-order valence-electron chi connectivity index (χ3n) is 2.76. The normalized spacial score (nSPS) is 10.7. The van der Waals surface area contributed by atoms with Crippen molar-refractivity contribution in [3.63, 3.8) is 0 Å². The molecule has 0 bridgehead atoms. The van der Waals surface area contributed by atoms with Gasteiger partial charge in [-0.05, 0) is 44.0 Å². The van der Waals surface area contributed by atoms with Crippen LogP contribution in [-0.4, -0.2) is 28.5 Å². The molecule has 0 amide bonds. The van der Waals surface area contributed by atoms with Crippen molar-refractivity contribution in [2.75, 3.05) is 6.54 Å². The van der Waals surface area contributed by atoms with Crippen LogP contribution in [0.15, 0.2) is 41.4 Å². The predicted molar refractivity (Wildman–Crippen MR) is 82.6 cm³/mol. The molecule has 0 aliphatic carbocycles.